The summed E-state index contributed by atoms with van der Waals surface area (Å²) in [5, 5.41) is -0.643. The summed E-state index contributed by atoms with van der Waals surface area (Å²) < 4.78 is 76.9. The number of halogens is 4. The van der Waals surface area contributed by atoms with Gasteiger partial charge in [0.1, 0.15) is 11.5 Å². The molecule has 0 spiro atoms. The number of sulfone groups is 1. The van der Waals surface area contributed by atoms with Crippen LogP contribution in [-0.4, -0.2) is 24.4 Å². The highest BCUT2D eigenvalue weighted by Gasteiger charge is 2.39. The predicted molar refractivity (Wildman–Crippen MR) is 97.6 cm³/mol. The van der Waals surface area contributed by atoms with E-state index in [4.69, 9.17) is 0 Å². The number of rotatable bonds is 6. The summed E-state index contributed by atoms with van der Waals surface area (Å²) in [5.74, 6) is -1.15. The normalized spacial score (nSPS) is 19.6. The number of benzene rings is 1. The standard InChI is InChI=1S/C20H19F4NO3S/c1-12-6-15(21)11-16(7-12)29(27,28)17-8-13(9-17)2-3-19(26)18-10-14(4-5-25-18)20(22,23)24/h4-7,10-11,13,17H,2-3,8-9H2,1H3. The van der Waals surface area contributed by atoms with Crippen molar-refractivity contribution in [3.05, 3.63) is 59.2 Å². The van der Waals surface area contributed by atoms with Crippen LogP contribution < -0.4 is 0 Å². The Morgan fingerprint density at radius 2 is 1.86 bits per heavy atom. The first kappa shape index (κ1) is 21.4. The van der Waals surface area contributed by atoms with Crippen LogP contribution in [0.15, 0.2) is 41.4 Å². The van der Waals surface area contributed by atoms with Gasteiger partial charge in [-0.05, 0) is 68.0 Å². The van der Waals surface area contributed by atoms with Gasteiger partial charge >= 0.3 is 6.18 Å². The zero-order valence-corrected chi connectivity index (χ0v) is 16.4. The maximum absolute atomic E-state index is 13.5. The minimum absolute atomic E-state index is 0.00911. The van der Waals surface area contributed by atoms with E-state index >= 15 is 0 Å². The number of pyridine rings is 1. The van der Waals surface area contributed by atoms with Crippen LogP contribution in [0.2, 0.25) is 0 Å². The molecule has 0 bridgehead atoms. The van der Waals surface area contributed by atoms with Crippen LogP contribution >= 0.6 is 0 Å². The zero-order valence-electron chi connectivity index (χ0n) is 15.5. The Hall–Kier alpha value is -2.29. The molecule has 29 heavy (non-hydrogen) atoms. The van der Waals surface area contributed by atoms with Crippen molar-refractivity contribution >= 4 is 15.6 Å². The largest absolute Gasteiger partial charge is 0.416 e. The number of nitrogens with zero attached hydrogens (tertiary/aromatic N) is 1. The number of ketones is 1. The van der Waals surface area contributed by atoms with Gasteiger partial charge in [-0.3, -0.25) is 9.78 Å². The van der Waals surface area contributed by atoms with Crippen molar-refractivity contribution in [3.63, 3.8) is 0 Å². The minimum Gasteiger partial charge on any atom is -0.292 e. The summed E-state index contributed by atoms with van der Waals surface area (Å²) in [6, 6.07) is 5.19. The highest BCUT2D eigenvalue weighted by Crippen LogP contribution is 2.39. The van der Waals surface area contributed by atoms with E-state index < -0.39 is 38.4 Å². The first-order valence-corrected chi connectivity index (χ1v) is 10.6. The first-order valence-electron chi connectivity index (χ1n) is 9.04. The molecular formula is C20H19F4NO3S. The summed E-state index contributed by atoms with van der Waals surface area (Å²) in [6.07, 6.45) is -2.58. The molecule has 0 atom stereocenters. The lowest BCUT2D eigenvalue weighted by atomic mass is 9.81. The SMILES string of the molecule is Cc1cc(F)cc(S(=O)(=O)C2CC(CCC(=O)c3cc(C(F)(F)F)ccn3)C2)c1. The lowest BCUT2D eigenvalue weighted by molar-refractivity contribution is -0.137. The highest BCUT2D eigenvalue weighted by molar-refractivity contribution is 7.92. The summed E-state index contributed by atoms with van der Waals surface area (Å²) >= 11 is 0. The fourth-order valence-electron chi connectivity index (χ4n) is 3.45. The number of hydrogen-bond acceptors (Lipinski definition) is 4. The summed E-state index contributed by atoms with van der Waals surface area (Å²) in [4.78, 5) is 15.8. The van der Waals surface area contributed by atoms with E-state index in [9.17, 15) is 30.8 Å². The molecule has 0 radical (unpaired) electrons. The third-order valence-corrected chi connectivity index (χ3v) is 7.28. The lowest BCUT2D eigenvalue weighted by Gasteiger charge is -2.34. The number of Topliss-reactive ketones (excluding diaryl/α,β-unsaturated/α-hetero) is 1. The van der Waals surface area contributed by atoms with Crippen LogP contribution in [0.25, 0.3) is 0 Å². The Morgan fingerprint density at radius 1 is 1.17 bits per heavy atom. The number of carbonyl (C=O) groups excluding carboxylic acids is 1. The van der Waals surface area contributed by atoms with E-state index in [1.807, 2.05) is 0 Å². The van der Waals surface area contributed by atoms with Gasteiger partial charge in [-0.15, -0.1) is 0 Å². The molecule has 2 aromatic rings. The van der Waals surface area contributed by atoms with Gasteiger partial charge in [0.25, 0.3) is 0 Å². The van der Waals surface area contributed by atoms with Crippen molar-refractivity contribution in [1.82, 2.24) is 4.98 Å². The molecular weight excluding hydrogens is 410 g/mol. The Morgan fingerprint density at radius 3 is 2.48 bits per heavy atom. The maximum Gasteiger partial charge on any atom is 0.416 e. The van der Waals surface area contributed by atoms with Gasteiger partial charge in [-0.25, -0.2) is 12.8 Å². The van der Waals surface area contributed by atoms with Crippen LogP contribution in [0.4, 0.5) is 17.6 Å². The second-order valence-corrected chi connectivity index (χ2v) is 9.59. The molecule has 0 N–H and O–H groups in total. The first-order chi connectivity index (χ1) is 13.5. The summed E-state index contributed by atoms with van der Waals surface area (Å²) in [5.41, 5.74) is -0.673. The average molecular weight is 429 g/mol. The molecule has 0 aliphatic heterocycles. The van der Waals surface area contributed by atoms with Gasteiger partial charge in [-0.2, -0.15) is 13.2 Å². The molecule has 9 heteroatoms. The second kappa shape index (κ2) is 7.85. The van der Waals surface area contributed by atoms with Crippen molar-refractivity contribution in [2.45, 2.75) is 48.9 Å². The number of carbonyl (C=O) groups is 1. The average Bonchev–Trinajstić information content (AvgIpc) is 2.58. The van der Waals surface area contributed by atoms with E-state index in [-0.39, 0.29) is 22.9 Å². The van der Waals surface area contributed by atoms with Gasteiger partial charge in [0.05, 0.1) is 15.7 Å². The van der Waals surface area contributed by atoms with Crippen LogP contribution in [-0.2, 0) is 16.0 Å². The molecule has 0 amide bonds. The van der Waals surface area contributed by atoms with E-state index in [1.54, 1.807) is 6.92 Å². The van der Waals surface area contributed by atoms with Gasteiger partial charge in [0, 0.05) is 12.6 Å². The van der Waals surface area contributed by atoms with E-state index in [0.29, 0.717) is 24.8 Å². The fourth-order valence-corrected chi connectivity index (χ4v) is 5.51. The highest BCUT2D eigenvalue weighted by atomic mass is 32.2. The Labute approximate surface area is 165 Å². The van der Waals surface area contributed by atoms with Crippen molar-refractivity contribution in [1.29, 1.82) is 0 Å². The number of hydrogen-bond donors (Lipinski definition) is 0. The molecule has 1 fully saturated rings. The molecule has 1 aromatic heterocycles. The van der Waals surface area contributed by atoms with Gasteiger partial charge in [0.2, 0.25) is 0 Å². The zero-order chi connectivity index (χ0) is 21.4. The summed E-state index contributed by atoms with van der Waals surface area (Å²) in [7, 11) is -3.66. The Balaban J connectivity index is 1.57. The van der Waals surface area contributed by atoms with Gasteiger partial charge in [-0.1, -0.05) is 0 Å². The van der Waals surface area contributed by atoms with E-state index in [1.165, 1.54) is 12.1 Å². The lowest BCUT2D eigenvalue weighted by Crippen LogP contribution is -2.36. The monoisotopic (exact) mass is 429 g/mol. The van der Waals surface area contributed by atoms with Crippen LogP contribution in [0.5, 0.6) is 0 Å². The molecule has 0 unspecified atom stereocenters. The third kappa shape index (κ3) is 4.83. The predicted octanol–water partition coefficient (Wildman–Crippen LogP) is 4.76. The van der Waals surface area contributed by atoms with Gasteiger partial charge in [0.15, 0.2) is 15.6 Å². The summed E-state index contributed by atoms with van der Waals surface area (Å²) in [6.45, 7) is 1.61. The van der Waals surface area contributed by atoms with Crippen molar-refractivity contribution in [2.24, 2.45) is 5.92 Å². The fraction of sp³-hybridized carbons (Fsp3) is 0.400. The van der Waals surface area contributed by atoms with E-state index in [0.717, 1.165) is 24.4 Å². The Kier molecular flexibility index (Phi) is 5.80. The molecule has 1 aliphatic rings. The van der Waals surface area contributed by atoms with E-state index in [2.05, 4.69) is 4.98 Å². The molecule has 3 rings (SSSR count). The molecule has 1 heterocycles. The molecule has 4 nitrogen and oxygen atoms in total. The molecule has 1 aromatic carbocycles. The molecule has 156 valence electrons. The smallest absolute Gasteiger partial charge is 0.292 e. The molecule has 1 saturated carbocycles. The maximum atomic E-state index is 13.5. The Bertz CT molecular complexity index is 1010. The number of aromatic nitrogens is 1. The third-order valence-electron chi connectivity index (χ3n) is 5.13. The van der Waals surface area contributed by atoms with Crippen LogP contribution in [0.3, 0.4) is 0 Å². The quantitative estimate of drug-likeness (QED) is 0.491. The van der Waals surface area contributed by atoms with Crippen LogP contribution in [0, 0.1) is 18.7 Å². The number of alkyl halides is 3. The van der Waals surface area contributed by atoms with Crippen molar-refractivity contribution in [3.8, 4) is 0 Å². The topological polar surface area (TPSA) is 64.1 Å². The molecule has 0 saturated heterocycles. The van der Waals surface area contributed by atoms with Crippen molar-refractivity contribution < 1.29 is 30.8 Å². The van der Waals surface area contributed by atoms with Gasteiger partial charge < -0.3 is 0 Å². The second-order valence-electron chi connectivity index (χ2n) is 7.36. The molecule has 1 aliphatic carbocycles. The van der Waals surface area contributed by atoms with Crippen molar-refractivity contribution in [2.75, 3.05) is 0 Å². The number of aryl methyl sites for hydroxylation is 1. The minimum atomic E-state index is -4.55. The van der Waals surface area contributed by atoms with Crippen LogP contribution in [0.1, 0.15) is 47.3 Å².